The van der Waals surface area contributed by atoms with Crippen LogP contribution in [0.2, 0.25) is 0 Å². The second kappa shape index (κ2) is 12.3. The van der Waals surface area contributed by atoms with Crippen molar-refractivity contribution in [2.24, 2.45) is 16.8 Å². The number of unbranched alkanes of at least 4 members (excludes halogenated alkanes) is 1. The smallest absolute Gasteiger partial charge is 0.432 e. The largest absolute Gasteiger partial charge is 0.507 e. The number of aliphatic imine (C=N–C) groups is 1. The van der Waals surface area contributed by atoms with Gasteiger partial charge in [-0.2, -0.15) is 4.99 Å². The number of ether oxygens (including phenoxy) is 2. The summed E-state index contributed by atoms with van der Waals surface area (Å²) in [7, 11) is 2.87. The van der Waals surface area contributed by atoms with Crippen molar-refractivity contribution < 1.29 is 28.6 Å². The molecule has 0 saturated heterocycles. The third-order valence-electron chi connectivity index (χ3n) is 5.65. The maximum atomic E-state index is 13.0. The minimum Gasteiger partial charge on any atom is -0.507 e. The van der Waals surface area contributed by atoms with Crippen molar-refractivity contribution in [3.8, 4) is 10.8 Å². The zero-order valence-corrected chi connectivity index (χ0v) is 20.4. The van der Waals surface area contributed by atoms with Gasteiger partial charge in [0.1, 0.15) is 17.1 Å². The fourth-order valence-corrected chi connectivity index (χ4v) is 4.34. The van der Waals surface area contributed by atoms with E-state index in [-0.39, 0.29) is 23.1 Å². The summed E-state index contributed by atoms with van der Waals surface area (Å²) in [5.74, 6) is -1.18. The topological polar surface area (TPSA) is 115 Å². The van der Waals surface area contributed by atoms with Crippen LogP contribution >= 0.6 is 11.3 Å². The summed E-state index contributed by atoms with van der Waals surface area (Å²) in [6.07, 6.45) is 3.36. The van der Waals surface area contributed by atoms with Crippen molar-refractivity contribution in [2.45, 2.75) is 52.4 Å². The van der Waals surface area contributed by atoms with E-state index >= 15 is 0 Å². The number of rotatable bonds is 11. The predicted molar refractivity (Wildman–Crippen MR) is 127 cm³/mol. The van der Waals surface area contributed by atoms with Gasteiger partial charge in [-0.25, -0.2) is 9.59 Å². The van der Waals surface area contributed by atoms with Gasteiger partial charge >= 0.3 is 11.7 Å². The molecule has 3 unspecified atom stereocenters. The van der Waals surface area contributed by atoms with Crippen LogP contribution in [0.1, 0.15) is 66.9 Å². The molecule has 0 aliphatic heterocycles. The van der Waals surface area contributed by atoms with Gasteiger partial charge < -0.3 is 19.0 Å². The Labute approximate surface area is 197 Å². The van der Waals surface area contributed by atoms with Crippen molar-refractivity contribution in [2.75, 3.05) is 14.2 Å². The van der Waals surface area contributed by atoms with Crippen LogP contribution in [0, 0.1) is 11.8 Å². The van der Waals surface area contributed by atoms with Gasteiger partial charge in [-0.15, -0.1) is 11.3 Å². The predicted octanol–water partition coefficient (Wildman–Crippen LogP) is 5.22. The molecule has 8 nitrogen and oxygen atoms in total. The molecule has 0 saturated carbocycles. The summed E-state index contributed by atoms with van der Waals surface area (Å²) in [5.41, 5.74) is -1.13. The van der Waals surface area contributed by atoms with Crippen molar-refractivity contribution in [1.29, 1.82) is 0 Å². The molecule has 2 heterocycles. The molecule has 0 aliphatic rings. The Balaban J connectivity index is 2.04. The molecule has 0 aromatic carbocycles. The number of ketones is 1. The first-order valence-corrected chi connectivity index (χ1v) is 11.6. The molecule has 0 bridgehead atoms. The monoisotopic (exact) mass is 477 g/mol. The van der Waals surface area contributed by atoms with Crippen LogP contribution in [-0.4, -0.2) is 37.4 Å². The lowest BCUT2D eigenvalue weighted by Crippen LogP contribution is -2.26. The Hall–Kier alpha value is -2.94. The number of hydrogen-bond acceptors (Lipinski definition) is 8. The highest BCUT2D eigenvalue weighted by Crippen LogP contribution is 2.31. The lowest BCUT2D eigenvalue weighted by molar-refractivity contribution is 0.0885. The van der Waals surface area contributed by atoms with Crippen LogP contribution in [0.5, 0.6) is 10.8 Å². The molecule has 3 atom stereocenters. The lowest BCUT2D eigenvalue weighted by Gasteiger charge is -2.18. The number of Topliss-reactive ketones (excluding diaryl/α,β-unsaturated/α-hetero) is 1. The van der Waals surface area contributed by atoms with E-state index in [2.05, 4.69) is 9.73 Å². The third-order valence-corrected chi connectivity index (χ3v) is 6.72. The number of amides is 1. The van der Waals surface area contributed by atoms with Crippen LogP contribution < -0.4 is 10.4 Å². The first-order chi connectivity index (χ1) is 15.7. The highest BCUT2D eigenvalue weighted by Gasteiger charge is 2.28. The Bertz CT molecular complexity index is 1040. The van der Waals surface area contributed by atoms with Crippen LogP contribution in [0.25, 0.3) is 0 Å². The van der Waals surface area contributed by atoms with E-state index in [0.29, 0.717) is 31.4 Å². The van der Waals surface area contributed by atoms with Crippen LogP contribution in [0.15, 0.2) is 32.4 Å². The first kappa shape index (κ1) is 26.3. The maximum absolute atomic E-state index is 13.0. The molecule has 1 amide bonds. The van der Waals surface area contributed by atoms with Gasteiger partial charge in [0.15, 0.2) is 10.8 Å². The van der Waals surface area contributed by atoms with E-state index in [1.807, 2.05) is 26.0 Å². The lowest BCUT2D eigenvalue weighted by atomic mass is 9.86. The molecular weight excluding hydrogens is 446 g/mol. The van der Waals surface area contributed by atoms with Gasteiger partial charge in [-0.3, -0.25) is 4.79 Å². The van der Waals surface area contributed by atoms with Crippen LogP contribution in [0.4, 0.5) is 4.79 Å². The van der Waals surface area contributed by atoms with E-state index in [1.54, 1.807) is 14.0 Å². The molecule has 2 aromatic rings. The van der Waals surface area contributed by atoms with Crippen molar-refractivity contribution >= 4 is 29.4 Å². The van der Waals surface area contributed by atoms with Crippen molar-refractivity contribution in [3.05, 3.63) is 44.8 Å². The van der Waals surface area contributed by atoms with E-state index in [0.717, 1.165) is 9.94 Å². The summed E-state index contributed by atoms with van der Waals surface area (Å²) in [6.45, 7) is 5.55. The minimum absolute atomic E-state index is 0.0510. The van der Waals surface area contributed by atoms with E-state index in [9.17, 15) is 19.5 Å². The van der Waals surface area contributed by atoms with Crippen LogP contribution in [0.3, 0.4) is 0 Å². The van der Waals surface area contributed by atoms with Gasteiger partial charge in [0.25, 0.3) is 0 Å². The second-order valence-electron chi connectivity index (χ2n) is 8.07. The molecule has 0 aliphatic carbocycles. The number of aromatic hydroxyl groups is 1. The van der Waals surface area contributed by atoms with E-state index < -0.39 is 23.4 Å². The molecule has 2 aromatic heterocycles. The van der Waals surface area contributed by atoms with Crippen molar-refractivity contribution in [3.63, 3.8) is 0 Å². The van der Waals surface area contributed by atoms with Gasteiger partial charge in [0.2, 0.25) is 0 Å². The number of hydrogen-bond donors (Lipinski definition) is 1. The maximum Gasteiger partial charge on any atom is 0.432 e. The Morgan fingerprint density at radius 1 is 1.24 bits per heavy atom. The minimum atomic E-state index is -0.828. The van der Waals surface area contributed by atoms with Gasteiger partial charge in [0.05, 0.1) is 14.2 Å². The van der Waals surface area contributed by atoms with Crippen LogP contribution in [-0.2, 0) is 11.2 Å². The zero-order chi connectivity index (χ0) is 24.5. The fraction of sp³-hybridized carbons (Fsp3) is 0.500. The molecule has 2 rings (SSSR count). The SMILES string of the molecule is COC(=O)N=CCCCC(C)c1cc(O)c(C(=O)C(C)C(C)Cc2ccc(OC)s2)c(=O)o1. The summed E-state index contributed by atoms with van der Waals surface area (Å²) in [5, 5.41) is 11.3. The molecule has 33 heavy (non-hydrogen) atoms. The van der Waals surface area contributed by atoms with Crippen molar-refractivity contribution in [1.82, 2.24) is 0 Å². The first-order valence-electron chi connectivity index (χ1n) is 10.8. The highest BCUT2D eigenvalue weighted by molar-refractivity contribution is 7.13. The molecule has 9 heteroatoms. The zero-order valence-electron chi connectivity index (χ0n) is 19.6. The van der Waals surface area contributed by atoms with Gasteiger partial charge in [-0.05, 0) is 43.7 Å². The molecule has 0 radical (unpaired) electrons. The summed E-state index contributed by atoms with van der Waals surface area (Å²) < 4.78 is 15.0. The molecule has 0 fully saturated rings. The van der Waals surface area contributed by atoms with E-state index in [1.165, 1.54) is 30.7 Å². The number of thiophene rings is 1. The molecular formula is C24H31NO7S. The Morgan fingerprint density at radius 2 is 1.97 bits per heavy atom. The number of carbonyl (C=O) groups is 2. The Morgan fingerprint density at radius 3 is 2.58 bits per heavy atom. The fourth-order valence-electron chi connectivity index (χ4n) is 3.38. The molecule has 0 spiro atoms. The average molecular weight is 478 g/mol. The number of carbonyl (C=O) groups excluding carboxylic acids is 2. The number of methoxy groups -OCH3 is 2. The molecule has 180 valence electrons. The quantitative estimate of drug-likeness (QED) is 0.268. The third kappa shape index (κ3) is 7.28. The highest BCUT2D eigenvalue weighted by atomic mass is 32.1. The standard InChI is InChI=1S/C24H31NO7S/c1-14(8-6-7-11-25-24(29)31-5)19-13-18(26)21(23(28)32-19)22(27)16(3)15(2)12-17-9-10-20(30-4)33-17/h9-11,13-16,26H,6-8,12H2,1-5H3. The second-order valence-corrected chi connectivity index (χ2v) is 9.20. The average Bonchev–Trinajstić information content (AvgIpc) is 3.24. The van der Waals surface area contributed by atoms with E-state index in [4.69, 9.17) is 9.15 Å². The van der Waals surface area contributed by atoms with Gasteiger partial charge in [0, 0.05) is 29.0 Å². The van der Waals surface area contributed by atoms with Gasteiger partial charge in [-0.1, -0.05) is 20.8 Å². The number of nitrogens with zero attached hydrogens (tertiary/aromatic N) is 1. The summed E-state index contributed by atoms with van der Waals surface area (Å²) >= 11 is 1.52. The normalized spacial score (nSPS) is 14.1. The Kier molecular flexibility index (Phi) is 9.84. The summed E-state index contributed by atoms with van der Waals surface area (Å²) in [4.78, 5) is 41.2. The summed E-state index contributed by atoms with van der Waals surface area (Å²) in [6, 6.07) is 5.19. The molecule has 1 N–H and O–H groups in total.